The van der Waals surface area contributed by atoms with Gasteiger partial charge in [-0.25, -0.2) is 4.79 Å². The third-order valence-corrected chi connectivity index (χ3v) is 11.7. The molecule has 2 aliphatic carbocycles. The lowest BCUT2D eigenvalue weighted by Crippen LogP contribution is -2.59. The standard InChI is InChI=1S/C41H59BrN6O9/c1-40(2,3)57-39(55)46-32(24-11-9-8-10-12-24)38(54)48-22-29-27(20-41(4,5)56-29)33(48)35(51)44-28(19-23-13-14-23)34(50)36(52)43-21-30(49)45-31(37(53)47(6)7)25-15-17-26(42)18-16-25/h15-18,23-24,27-29,31-33H,8-14,19-22H2,1-7H3,(H,43,52)(H,44,51)(H,45,49)(H,46,55)/t27-,28?,29-,31-,32-,33-/m0/s1. The summed E-state index contributed by atoms with van der Waals surface area (Å²) in [6.07, 6.45) is 5.50. The fourth-order valence-electron chi connectivity index (χ4n) is 8.29. The van der Waals surface area contributed by atoms with Crippen molar-refractivity contribution in [1.82, 2.24) is 31.1 Å². The van der Waals surface area contributed by atoms with Crippen LogP contribution < -0.4 is 21.3 Å². The van der Waals surface area contributed by atoms with E-state index in [1.54, 1.807) is 59.1 Å². The van der Waals surface area contributed by atoms with Gasteiger partial charge in [-0.2, -0.15) is 0 Å². The maximum absolute atomic E-state index is 14.6. The van der Waals surface area contributed by atoms with Crippen LogP contribution in [-0.2, 0) is 38.2 Å². The number of nitrogens with zero attached hydrogens (tertiary/aromatic N) is 2. The van der Waals surface area contributed by atoms with E-state index in [1.165, 1.54) is 9.80 Å². The highest BCUT2D eigenvalue weighted by Gasteiger charge is 2.56. The van der Waals surface area contributed by atoms with Crippen molar-refractivity contribution in [3.05, 3.63) is 34.3 Å². The van der Waals surface area contributed by atoms with E-state index < -0.39 is 89.4 Å². The van der Waals surface area contributed by atoms with Crippen molar-refractivity contribution < 1.29 is 43.0 Å². The van der Waals surface area contributed by atoms with Crippen LogP contribution in [0.25, 0.3) is 0 Å². The molecule has 0 bridgehead atoms. The molecule has 57 heavy (non-hydrogen) atoms. The number of likely N-dealkylation sites (tertiary alicyclic amines) is 1. The van der Waals surface area contributed by atoms with Crippen molar-refractivity contribution in [3.63, 3.8) is 0 Å². The van der Waals surface area contributed by atoms with E-state index in [0.717, 1.165) is 49.4 Å². The van der Waals surface area contributed by atoms with Gasteiger partial charge in [0.15, 0.2) is 0 Å². The minimum atomic E-state index is -1.21. The van der Waals surface area contributed by atoms with E-state index in [1.807, 2.05) is 13.8 Å². The number of rotatable bonds is 14. The largest absolute Gasteiger partial charge is 0.444 e. The first kappa shape index (κ1) is 44.1. The third kappa shape index (κ3) is 11.8. The molecule has 6 atom stereocenters. The van der Waals surface area contributed by atoms with E-state index in [-0.39, 0.29) is 30.7 Å². The Kier molecular flexibility index (Phi) is 14.1. The molecule has 2 saturated heterocycles. The zero-order chi connectivity index (χ0) is 41.8. The second kappa shape index (κ2) is 18.3. The van der Waals surface area contributed by atoms with Crippen LogP contribution in [-0.4, -0.2) is 114 Å². The van der Waals surface area contributed by atoms with Crippen LogP contribution in [0.4, 0.5) is 4.79 Å². The molecule has 1 unspecified atom stereocenters. The van der Waals surface area contributed by atoms with Crippen molar-refractivity contribution in [3.8, 4) is 0 Å². The summed E-state index contributed by atoms with van der Waals surface area (Å²) in [5, 5.41) is 10.7. The average molecular weight is 860 g/mol. The number of alkyl carbamates (subject to hydrolysis) is 1. The number of ether oxygens (including phenoxy) is 2. The highest BCUT2D eigenvalue weighted by atomic mass is 79.9. The van der Waals surface area contributed by atoms with Crippen LogP contribution in [0.15, 0.2) is 28.7 Å². The van der Waals surface area contributed by atoms with Crippen molar-refractivity contribution in [2.24, 2.45) is 17.8 Å². The molecule has 6 amide bonds. The number of benzene rings is 1. The van der Waals surface area contributed by atoms with Crippen molar-refractivity contribution in [2.75, 3.05) is 27.2 Å². The van der Waals surface area contributed by atoms with Gasteiger partial charge in [0.2, 0.25) is 29.4 Å². The molecule has 4 aliphatic rings. The minimum Gasteiger partial charge on any atom is -0.444 e. The molecule has 2 aliphatic heterocycles. The van der Waals surface area contributed by atoms with E-state index in [9.17, 15) is 33.6 Å². The van der Waals surface area contributed by atoms with Gasteiger partial charge in [0.1, 0.15) is 23.7 Å². The fourth-order valence-corrected chi connectivity index (χ4v) is 8.55. The maximum atomic E-state index is 14.6. The highest BCUT2D eigenvalue weighted by molar-refractivity contribution is 9.10. The van der Waals surface area contributed by atoms with Crippen molar-refractivity contribution in [1.29, 1.82) is 0 Å². The summed E-state index contributed by atoms with van der Waals surface area (Å²) in [5.41, 5.74) is -0.815. The smallest absolute Gasteiger partial charge is 0.408 e. The summed E-state index contributed by atoms with van der Waals surface area (Å²) in [6.45, 7) is 8.63. The Morgan fingerprint density at radius 2 is 1.60 bits per heavy atom. The Balaban J connectivity index is 1.31. The Bertz CT molecular complexity index is 1690. The molecular weight excluding hydrogens is 800 g/mol. The van der Waals surface area contributed by atoms with Crippen molar-refractivity contribution in [2.45, 2.75) is 134 Å². The molecule has 1 aromatic rings. The SMILES string of the molecule is CN(C)C(=O)[C@@H](NC(=O)CNC(=O)C(=O)C(CC1CC1)NC(=O)[C@@H]1[C@H]2CC(C)(C)O[C@H]2CN1C(=O)[C@@H](NC(=O)OC(C)(C)C)C1CCCCC1)c1ccc(Br)cc1. The molecule has 0 spiro atoms. The summed E-state index contributed by atoms with van der Waals surface area (Å²) in [7, 11) is 3.12. The van der Waals surface area contributed by atoms with Crippen LogP contribution in [0.5, 0.6) is 0 Å². The first-order chi connectivity index (χ1) is 26.7. The van der Waals surface area contributed by atoms with Crippen molar-refractivity contribution >= 4 is 57.3 Å². The number of hydrogen-bond donors (Lipinski definition) is 4. The van der Waals surface area contributed by atoms with Crippen LogP contribution in [0.2, 0.25) is 0 Å². The van der Waals surface area contributed by atoms with Gasteiger partial charge in [-0.3, -0.25) is 28.8 Å². The Morgan fingerprint density at radius 3 is 2.19 bits per heavy atom. The van der Waals surface area contributed by atoms with Gasteiger partial charge < -0.3 is 40.5 Å². The van der Waals surface area contributed by atoms with E-state index in [2.05, 4.69) is 37.2 Å². The first-order valence-electron chi connectivity index (χ1n) is 20.1. The molecule has 0 aromatic heterocycles. The minimum absolute atomic E-state index is 0.121. The molecular formula is C41H59BrN6O9. The average Bonchev–Trinajstić information content (AvgIpc) is 3.82. The summed E-state index contributed by atoms with van der Waals surface area (Å²) in [4.78, 5) is 98.1. The van der Waals surface area contributed by atoms with Gasteiger partial charge >= 0.3 is 6.09 Å². The molecule has 314 valence electrons. The Morgan fingerprint density at radius 1 is 0.947 bits per heavy atom. The summed E-state index contributed by atoms with van der Waals surface area (Å²) < 4.78 is 12.7. The van der Waals surface area contributed by atoms with E-state index >= 15 is 0 Å². The van der Waals surface area contributed by atoms with Gasteiger partial charge in [-0.1, -0.05) is 60.2 Å². The Labute approximate surface area is 343 Å². The number of Topliss-reactive ketones (excluding diaryl/α,β-unsaturated/α-hetero) is 1. The molecule has 1 aromatic carbocycles. The zero-order valence-electron chi connectivity index (χ0n) is 34.2. The molecule has 5 rings (SSSR count). The van der Waals surface area contributed by atoms with Crippen LogP contribution >= 0.6 is 15.9 Å². The van der Waals surface area contributed by atoms with Gasteiger partial charge in [0.05, 0.1) is 24.3 Å². The summed E-state index contributed by atoms with van der Waals surface area (Å²) in [5.74, 6) is -4.47. The Hall–Kier alpha value is -4.05. The lowest BCUT2D eigenvalue weighted by molar-refractivity contribution is -0.145. The van der Waals surface area contributed by atoms with E-state index in [0.29, 0.717) is 12.0 Å². The quantitative estimate of drug-likeness (QED) is 0.203. The maximum Gasteiger partial charge on any atom is 0.408 e. The number of ketones is 1. The molecule has 16 heteroatoms. The number of fused-ring (bicyclic) bond motifs is 1. The summed E-state index contributed by atoms with van der Waals surface area (Å²) in [6, 6.07) is 2.67. The normalized spacial score (nSPS) is 23.3. The first-order valence-corrected chi connectivity index (χ1v) is 20.9. The molecule has 2 heterocycles. The predicted octanol–water partition coefficient (Wildman–Crippen LogP) is 3.53. The monoisotopic (exact) mass is 858 g/mol. The number of hydrogen-bond acceptors (Lipinski definition) is 9. The van der Waals surface area contributed by atoms with Crippen LogP contribution in [0.1, 0.15) is 104 Å². The molecule has 4 N–H and O–H groups in total. The van der Waals surface area contributed by atoms with Gasteiger partial charge in [-0.05, 0) is 89.8 Å². The zero-order valence-corrected chi connectivity index (χ0v) is 35.7. The van der Waals surface area contributed by atoms with Crippen LogP contribution in [0.3, 0.4) is 0 Å². The third-order valence-electron chi connectivity index (χ3n) is 11.1. The van der Waals surface area contributed by atoms with Gasteiger partial charge in [-0.15, -0.1) is 0 Å². The second-order valence-electron chi connectivity index (χ2n) is 17.8. The molecule has 0 radical (unpaired) electrons. The molecule has 2 saturated carbocycles. The number of likely N-dealkylation sites (N-methyl/N-ethyl adjacent to an activating group) is 1. The number of amides is 6. The highest BCUT2D eigenvalue weighted by Crippen LogP contribution is 2.44. The predicted molar refractivity (Wildman–Crippen MR) is 213 cm³/mol. The molecule has 4 fully saturated rings. The van der Waals surface area contributed by atoms with Gasteiger partial charge in [0, 0.05) is 31.0 Å². The number of halogens is 1. The molecule has 15 nitrogen and oxygen atoms in total. The number of carbonyl (C=O) groups is 7. The lowest BCUT2D eigenvalue weighted by atomic mass is 9.83. The second-order valence-corrected chi connectivity index (χ2v) is 18.7. The van der Waals surface area contributed by atoms with E-state index in [4.69, 9.17) is 9.47 Å². The fraction of sp³-hybridized carbons (Fsp3) is 0.683. The number of nitrogens with one attached hydrogen (secondary N) is 4. The van der Waals surface area contributed by atoms with Gasteiger partial charge in [0.25, 0.3) is 5.91 Å². The van der Waals surface area contributed by atoms with Crippen LogP contribution in [0, 0.1) is 17.8 Å². The summed E-state index contributed by atoms with van der Waals surface area (Å²) >= 11 is 3.36. The number of carbonyl (C=O) groups excluding carboxylic acids is 7. The topological polar surface area (TPSA) is 193 Å². The lowest BCUT2D eigenvalue weighted by Gasteiger charge is -2.36.